The van der Waals surface area contributed by atoms with Gasteiger partial charge in [0.1, 0.15) is 5.82 Å². The minimum atomic E-state index is -0.395. The van der Waals surface area contributed by atoms with Crippen LogP contribution in [-0.4, -0.2) is 39.5 Å². The normalized spacial score (nSPS) is 19.3. The van der Waals surface area contributed by atoms with Gasteiger partial charge in [-0.15, -0.1) is 0 Å². The molecular formula is C23H24ClFN6. The molecule has 2 atom stereocenters. The van der Waals surface area contributed by atoms with E-state index in [0.717, 1.165) is 35.2 Å². The standard InChI is InChI=1S/C23H24ClFN6/c1-13-9-30(10-14(2)27-13)18-6-16-4-5-26-22(21(16)19(24)8-18)29-17-7-20(25)23-28-15(3)11-31(23)12-17/h4-8,11-14,27H,9-10H2,1-3H3,(H,26,29). The van der Waals surface area contributed by atoms with Crippen LogP contribution in [0.5, 0.6) is 0 Å². The fourth-order valence-electron chi connectivity index (χ4n) is 4.45. The Labute approximate surface area is 185 Å². The van der Waals surface area contributed by atoms with Crippen molar-refractivity contribution in [1.82, 2.24) is 19.7 Å². The van der Waals surface area contributed by atoms with Crippen LogP contribution in [0.1, 0.15) is 19.5 Å². The molecule has 0 aliphatic carbocycles. The summed E-state index contributed by atoms with van der Waals surface area (Å²) in [5.74, 6) is 0.195. The van der Waals surface area contributed by atoms with Crippen molar-refractivity contribution in [3.8, 4) is 0 Å². The third kappa shape index (κ3) is 3.79. The molecule has 160 valence electrons. The lowest BCUT2D eigenvalue weighted by molar-refractivity contribution is 0.407. The summed E-state index contributed by atoms with van der Waals surface area (Å²) in [5, 5.41) is 9.20. The van der Waals surface area contributed by atoms with Crippen LogP contribution < -0.4 is 15.5 Å². The van der Waals surface area contributed by atoms with Gasteiger partial charge < -0.3 is 19.9 Å². The molecular weight excluding hydrogens is 415 g/mol. The first-order valence-corrected chi connectivity index (χ1v) is 10.8. The predicted molar refractivity (Wildman–Crippen MR) is 124 cm³/mol. The van der Waals surface area contributed by atoms with Gasteiger partial charge in [0.15, 0.2) is 11.5 Å². The number of aromatic nitrogens is 3. The average molecular weight is 439 g/mol. The van der Waals surface area contributed by atoms with Gasteiger partial charge in [-0.3, -0.25) is 0 Å². The quantitative estimate of drug-likeness (QED) is 0.475. The maximum atomic E-state index is 14.5. The number of aryl methyl sites for hydroxylation is 1. The molecule has 0 saturated carbocycles. The van der Waals surface area contributed by atoms with Crippen molar-refractivity contribution in [3.63, 3.8) is 0 Å². The highest BCUT2D eigenvalue weighted by Gasteiger charge is 2.22. The summed E-state index contributed by atoms with van der Waals surface area (Å²) in [7, 11) is 0. The number of piperazine rings is 1. The van der Waals surface area contributed by atoms with E-state index in [2.05, 4.69) is 45.4 Å². The number of hydrogen-bond acceptors (Lipinski definition) is 5. The molecule has 1 aliphatic heterocycles. The number of rotatable bonds is 3. The highest BCUT2D eigenvalue weighted by Crippen LogP contribution is 2.35. The van der Waals surface area contributed by atoms with Crippen molar-refractivity contribution in [1.29, 1.82) is 0 Å². The predicted octanol–water partition coefficient (Wildman–Crippen LogP) is 4.91. The lowest BCUT2D eigenvalue weighted by atomic mass is 10.1. The summed E-state index contributed by atoms with van der Waals surface area (Å²) in [6, 6.07) is 8.32. The smallest absolute Gasteiger partial charge is 0.173 e. The molecule has 5 rings (SSSR count). The summed E-state index contributed by atoms with van der Waals surface area (Å²) < 4.78 is 16.2. The Morgan fingerprint density at radius 2 is 1.94 bits per heavy atom. The van der Waals surface area contributed by atoms with Gasteiger partial charge in [-0.1, -0.05) is 11.6 Å². The molecule has 3 aromatic heterocycles. The van der Waals surface area contributed by atoms with E-state index in [1.54, 1.807) is 23.0 Å². The summed E-state index contributed by atoms with van der Waals surface area (Å²) >= 11 is 6.74. The highest BCUT2D eigenvalue weighted by atomic mass is 35.5. The van der Waals surface area contributed by atoms with E-state index in [9.17, 15) is 4.39 Å². The fourth-order valence-corrected chi connectivity index (χ4v) is 4.76. The maximum absolute atomic E-state index is 14.5. The zero-order chi connectivity index (χ0) is 21.7. The van der Waals surface area contributed by atoms with Crippen molar-refractivity contribution in [2.45, 2.75) is 32.9 Å². The second kappa shape index (κ2) is 7.66. The molecule has 8 heteroatoms. The third-order valence-corrected chi connectivity index (χ3v) is 5.91. The lowest BCUT2D eigenvalue weighted by Gasteiger charge is -2.38. The van der Waals surface area contributed by atoms with Gasteiger partial charge in [-0.25, -0.2) is 14.4 Å². The first-order chi connectivity index (χ1) is 14.9. The molecule has 1 saturated heterocycles. The fraction of sp³-hybridized carbons (Fsp3) is 0.304. The van der Waals surface area contributed by atoms with Crippen LogP contribution in [-0.2, 0) is 0 Å². The van der Waals surface area contributed by atoms with Gasteiger partial charge in [0.2, 0.25) is 0 Å². The molecule has 2 unspecified atom stereocenters. The minimum absolute atomic E-state index is 0.302. The van der Waals surface area contributed by atoms with Gasteiger partial charge in [0.25, 0.3) is 0 Å². The van der Waals surface area contributed by atoms with Crippen molar-refractivity contribution in [3.05, 3.63) is 59.4 Å². The second-order valence-corrected chi connectivity index (χ2v) is 8.78. The van der Waals surface area contributed by atoms with Crippen LogP contribution in [0.25, 0.3) is 16.4 Å². The molecule has 4 heterocycles. The number of nitrogens with zero attached hydrogens (tertiary/aromatic N) is 4. The first kappa shape index (κ1) is 20.0. The number of fused-ring (bicyclic) bond motifs is 2. The number of benzene rings is 1. The summed E-state index contributed by atoms with van der Waals surface area (Å²) in [5.41, 5.74) is 2.73. The Hall–Kier alpha value is -2.90. The van der Waals surface area contributed by atoms with Gasteiger partial charge in [-0.05, 0) is 44.4 Å². The summed E-state index contributed by atoms with van der Waals surface area (Å²) in [4.78, 5) is 11.0. The van der Waals surface area contributed by atoms with Crippen molar-refractivity contribution in [2.75, 3.05) is 23.3 Å². The molecule has 1 aromatic carbocycles. The second-order valence-electron chi connectivity index (χ2n) is 8.37. The monoisotopic (exact) mass is 438 g/mol. The van der Waals surface area contributed by atoms with Crippen LogP contribution in [0.2, 0.25) is 5.02 Å². The maximum Gasteiger partial charge on any atom is 0.173 e. The van der Waals surface area contributed by atoms with Gasteiger partial charge in [-0.2, -0.15) is 0 Å². The van der Waals surface area contributed by atoms with E-state index in [4.69, 9.17) is 11.6 Å². The molecule has 0 spiro atoms. The molecule has 0 amide bonds. The van der Waals surface area contributed by atoms with Crippen molar-refractivity contribution in [2.24, 2.45) is 0 Å². The molecule has 0 bridgehead atoms. The van der Waals surface area contributed by atoms with Gasteiger partial charge >= 0.3 is 0 Å². The SMILES string of the molecule is Cc1cn2cc(Nc3nccc4cc(N5CC(C)NC(C)C5)cc(Cl)c34)cc(F)c2n1. The van der Waals surface area contributed by atoms with Gasteiger partial charge in [0.05, 0.1) is 16.4 Å². The zero-order valence-corrected chi connectivity index (χ0v) is 18.4. The van der Waals surface area contributed by atoms with Crippen molar-refractivity contribution >= 4 is 45.2 Å². The number of nitrogens with one attached hydrogen (secondary N) is 2. The van der Waals surface area contributed by atoms with Crippen molar-refractivity contribution < 1.29 is 4.39 Å². The third-order valence-electron chi connectivity index (χ3n) is 5.61. The van der Waals surface area contributed by atoms with Crippen LogP contribution in [0.15, 0.2) is 42.9 Å². The Morgan fingerprint density at radius 1 is 1.16 bits per heavy atom. The number of imidazole rings is 1. The highest BCUT2D eigenvalue weighted by molar-refractivity contribution is 6.37. The van der Waals surface area contributed by atoms with E-state index in [0.29, 0.717) is 34.3 Å². The molecule has 6 nitrogen and oxygen atoms in total. The Balaban J connectivity index is 1.53. The molecule has 1 aliphatic rings. The molecule has 4 aromatic rings. The van der Waals surface area contributed by atoms with Gasteiger partial charge in [0, 0.05) is 60.9 Å². The summed E-state index contributed by atoms with van der Waals surface area (Å²) in [6.07, 6.45) is 5.32. The Morgan fingerprint density at radius 3 is 2.71 bits per heavy atom. The number of anilines is 3. The Kier molecular flexibility index (Phi) is 4.95. The molecule has 0 radical (unpaired) electrons. The summed E-state index contributed by atoms with van der Waals surface area (Å²) in [6.45, 7) is 8.06. The van der Waals surface area contributed by atoms with Crippen LogP contribution in [0.3, 0.4) is 0 Å². The molecule has 1 fully saturated rings. The van der Waals surface area contributed by atoms with E-state index in [-0.39, 0.29) is 0 Å². The first-order valence-electron chi connectivity index (χ1n) is 10.4. The minimum Gasteiger partial charge on any atom is -0.368 e. The lowest BCUT2D eigenvalue weighted by Crippen LogP contribution is -2.54. The van der Waals surface area contributed by atoms with Crippen LogP contribution in [0.4, 0.5) is 21.6 Å². The topological polar surface area (TPSA) is 57.5 Å². The average Bonchev–Trinajstić information content (AvgIpc) is 3.08. The molecule has 31 heavy (non-hydrogen) atoms. The Bertz CT molecular complexity index is 1280. The largest absolute Gasteiger partial charge is 0.368 e. The number of hydrogen-bond donors (Lipinski definition) is 2. The van der Waals surface area contributed by atoms with E-state index in [1.165, 1.54) is 6.07 Å². The molecule has 2 N–H and O–H groups in total. The van der Waals surface area contributed by atoms with E-state index < -0.39 is 5.82 Å². The zero-order valence-electron chi connectivity index (χ0n) is 17.7. The van der Waals surface area contributed by atoms with Crippen LogP contribution in [0, 0.1) is 12.7 Å². The van der Waals surface area contributed by atoms with E-state index in [1.807, 2.05) is 19.1 Å². The van der Waals surface area contributed by atoms with Crippen LogP contribution >= 0.6 is 11.6 Å². The number of pyridine rings is 2. The number of halogens is 2. The van der Waals surface area contributed by atoms with E-state index >= 15 is 0 Å².